The van der Waals surface area contributed by atoms with Gasteiger partial charge in [-0.2, -0.15) is 0 Å². The molecule has 1 amide bonds. The van der Waals surface area contributed by atoms with Gasteiger partial charge in [0.15, 0.2) is 0 Å². The van der Waals surface area contributed by atoms with Gasteiger partial charge in [0.05, 0.1) is 0 Å². The normalized spacial score (nSPS) is 10.3. The molecule has 0 spiro atoms. The first-order valence-corrected chi connectivity index (χ1v) is 6.33. The summed E-state index contributed by atoms with van der Waals surface area (Å²) in [5, 5.41) is 8.59. The van der Waals surface area contributed by atoms with Crippen LogP contribution >= 0.6 is 0 Å². The summed E-state index contributed by atoms with van der Waals surface area (Å²) in [5.74, 6) is -1.44. The molecule has 19 heavy (non-hydrogen) atoms. The molecule has 0 aliphatic carbocycles. The fourth-order valence-electron chi connectivity index (χ4n) is 2.27. The minimum Gasteiger partial charge on any atom is -0.481 e. The van der Waals surface area contributed by atoms with E-state index in [1.807, 2.05) is 0 Å². The van der Waals surface area contributed by atoms with E-state index in [0.29, 0.717) is 6.54 Å². The van der Waals surface area contributed by atoms with Gasteiger partial charge >= 0.3 is 5.97 Å². The molecule has 0 atom stereocenters. The highest BCUT2D eigenvalue weighted by molar-refractivity contribution is 5.93. The third-order valence-corrected chi connectivity index (χ3v) is 3.27. The number of carbonyl (C=O) groups is 2. The van der Waals surface area contributed by atoms with Gasteiger partial charge in [-0.15, -0.1) is 0 Å². The zero-order valence-corrected chi connectivity index (χ0v) is 12.0. The van der Waals surface area contributed by atoms with Crippen LogP contribution in [0.5, 0.6) is 0 Å². The first kappa shape index (κ1) is 15.2. The average Bonchev–Trinajstić information content (AvgIpc) is 2.26. The Morgan fingerprint density at radius 2 is 1.68 bits per heavy atom. The van der Waals surface area contributed by atoms with Gasteiger partial charge in [0.25, 0.3) is 0 Å². The molecule has 0 saturated heterocycles. The number of likely N-dealkylation sites (N-methyl/N-ethyl adjacent to an activating group) is 1. The van der Waals surface area contributed by atoms with Crippen molar-refractivity contribution in [2.24, 2.45) is 0 Å². The zero-order chi connectivity index (χ0) is 14.6. The maximum Gasteiger partial charge on any atom is 0.312 e. The van der Waals surface area contributed by atoms with Gasteiger partial charge in [-0.05, 0) is 43.9 Å². The van der Waals surface area contributed by atoms with Crippen molar-refractivity contribution in [1.82, 2.24) is 4.90 Å². The second-order valence-electron chi connectivity index (χ2n) is 5.01. The van der Waals surface area contributed by atoms with Crippen LogP contribution in [0.2, 0.25) is 0 Å². The van der Waals surface area contributed by atoms with Crippen molar-refractivity contribution in [3.05, 3.63) is 34.4 Å². The number of hydrogen-bond donors (Lipinski definition) is 1. The summed E-state index contributed by atoms with van der Waals surface area (Å²) in [6.45, 7) is 6.73. The minimum atomic E-state index is -1.08. The molecule has 0 bridgehead atoms. The molecular weight excluding hydrogens is 242 g/mol. The Kier molecular flexibility index (Phi) is 5.10. The second kappa shape index (κ2) is 6.36. The van der Waals surface area contributed by atoms with Crippen molar-refractivity contribution in [2.75, 3.05) is 13.6 Å². The standard InChI is InChI=1S/C15H21NO3/c1-10-7-11(2)13(12(3)8-10)5-6-16(4)14(17)9-15(18)19/h7-8H,5-6,9H2,1-4H3,(H,18,19). The second-order valence-corrected chi connectivity index (χ2v) is 5.01. The van der Waals surface area contributed by atoms with Gasteiger partial charge < -0.3 is 10.0 Å². The molecule has 1 rings (SSSR count). The fourth-order valence-corrected chi connectivity index (χ4v) is 2.27. The number of amides is 1. The molecule has 0 aromatic heterocycles. The molecule has 0 saturated carbocycles. The first-order chi connectivity index (χ1) is 8.81. The molecule has 0 heterocycles. The average molecular weight is 263 g/mol. The van der Waals surface area contributed by atoms with Gasteiger partial charge in [0.1, 0.15) is 6.42 Å². The highest BCUT2D eigenvalue weighted by Gasteiger charge is 2.13. The van der Waals surface area contributed by atoms with E-state index in [2.05, 4.69) is 32.9 Å². The Morgan fingerprint density at radius 3 is 2.16 bits per heavy atom. The highest BCUT2D eigenvalue weighted by Crippen LogP contribution is 2.17. The van der Waals surface area contributed by atoms with Crippen molar-refractivity contribution in [1.29, 1.82) is 0 Å². The lowest BCUT2D eigenvalue weighted by Crippen LogP contribution is -2.30. The van der Waals surface area contributed by atoms with Crippen LogP contribution in [-0.2, 0) is 16.0 Å². The fraction of sp³-hybridized carbons (Fsp3) is 0.467. The van der Waals surface area contributed by atoms with E-state index in [1.54, 1.807) is 7.05 Å². The van der Waals surface area contributed by atoms with Crippen LogP contribution in [0.4, 0.5) is 0 Å². The molecule has 0 radical (unpaired) electrons. The topological polar surface area (TPSA) is 57.6 Å². The van der Waals surface area contributed by atoms with E-state index in [9.17, 15) is 9.59 Å². The van der Waals surface area contributed by atoms with E-state index in [0.717, 1.165) is 6.42 Å². The molecule has 0 unspecified atom stereocenters. The summed E-state index contributed by atoms with van der Waals surface area (Å²) < 4.78 is 0. The molecule has 104 valence electrons. The smallest absolute Gasteiger partial charge is 0.312 e. The predicted octanol–water partition coefficient (Wildman–Crippen LogP) is 2.09. The van der Waals surface area contributed by atoms with Crippen LogP contribution in [0.3, 0.4) is 0 Å². The van der Waals surface area contributed by atoms with Gasteiger partial charge in [0, 0.05) is 13.6 Å². The van der Waals surface area contributed by atoms with Gasteiger partial charge in [-0.3, -0.25) is 9.59 Å². The Hall–Kier alpha value is -1.84. The lowest BCUT2D eigenvalue weighted by atomic mass is 9.97. The van der Waals surface area contributed by atoms with Crippen LogP contribution in [0.25, 0.3) is 0 Å². The van der Waals surface area contributed by atoms with Crippen LogP contribution in [0, 0.1) is 20.8 Å². The number of benzene rings is 1. The SMILES string of the molecule is Cc1cc(C)c(CCN(C)C(=O)CC(=O)O)c(C)c1. The van der Waals surface area contributed by atoms with E-state index in [1.165, 1.54) is 27.2 Å². The van der Waals surface area contributed by atoms with Gasteiger partial charge in [-0.25, -0.2) is 0 Å². The van der Waals surface area contributed by atoms with Crippen molar-refractivity contribution in [3.8, 4) is 0 Å². The number of carboxylic acids is 1. The van der Waals surface area contributed by atoms with Gasteiger partial charge in [0.2, 0.25) is 5.91 Å². The minimum absolute atomic E-state index is 0.352. The summed E-state index contributed by atoms with van der Waals surface area (Å²) >= 11 is 0. The lowest BCUT2D eigenvalue weighted by Gasteiger charge is -2.18. The third kappa shape index (κ3) is 4.39. The van der Waals surface area contributed by atoms with E-state index in [-0.39, 0.29) is 5.91 Å². The summed E-state index contributed by atoms with van der Waals surface area (Å²) in [6.07, 6.45) is 0.308. The maximum absolute atomic E-state index is 11.5. The quantitative estimate of drug-likeness (QED) is 0.827. The largest absolute Gasteiger partial charge is 0.481 e. The predicted molar refractivity (Wildman–Crippen MR) is 74.2 cm³/mol. The Bertz CT molecular complexity index is 471. The van der Waals surface area contributed by atoms with E-state index < -0.39 is 12.4 Å². The molecule has 0 aliphatic heterocycles. The Labute approximate surface area is 114 Å². The number of nitrogens with zero attached hydrogens (tertiary/aromatic N) is 1. The monoisotopic (exact) mass is 263 g/mol. The number of rotatable bonds is 5. The van der Waals surface area contributed by atoms with Crippen LogP contribution in [0.1, 0.15) is 28.7 Å². The van der Waals surface area contributed by atoms with Crippen LogP contribution in [0.15, 0.2) is 12.1 Å². The molecule has 0 fully saturated rings. The molecule has 0 aliphatic rings. The van der Waals surface area contributed by atoms with Crippen LogP contribution < -0.4 is 0 Å². The molecule has 1 N–H and O–H groups in total. The summed E-state index contributed by atoms with van der Waals surface area (Å²) in [7, 11) is 1.64. The number of aliphatic carboxylic acids is 1. The van der Waals surface area contributed by atoms with Crippen LogP contribution in [-0.4, -0.2) is 35.5 Å². The first-order valence-electron chi connectivity index (χ1n) is 6.33. The van der Waals surface area contributed by atoms with Crippen molar-refractivity contribution in [3.63, 3.8) is 0 Å². The Morgan fingerprint density at radius 1 is 1.16 bits per heavy atom. The molecular formula is C15H21NO3. The van der Waals surface area contributed by atoms with Gasteiger partial charge in [-0.1, -0.05) is 17.7 Å². The third-order valence-electron chi connectivity index (χ3n) is 3.27. The maximum atomic E-state index is 11.5. The van der Waals surface area contributed by atoms with Crippen molar-refractivity contribution < 1.29 is 14.7 Å². The molecule has 1 aromatic carbocycles. The number of hydrogen-bond acceptors (Lipinski definition) is 2. The lowest BCUT2D eigenvalue weighted by molar-refractivity contribution is -0.143. The van der Waals surface area contributed by atoms with Crippen molar-refractivity contribution in [2.45, 2.75) is 33.6 Å². The molecule has 1 aromatic rings. The van der Waals surface area contributed by atoms with E-state index in [4.69, 9.17) is 5.11 Å². The number of carboxylic acid groups (broad SMARTS) is 1. The summed E-state index contributed by atoms with van der Waals surface area (Å²) in [6, 6.07) is 4.25. The van der Waals surface area contributed by atoms with Crippen molar-refractivity contribution >= 4 is 11.9 Å². The number of aryl methyl sites for hydroxylation is 3. The highest BCUT2D eigenvalue weighted by atomic mass is 16.4. The molecule has 4 nitrogen and oxygen atoms in total. The summed E-state index contributed by atoms with van der Waals surface area (Å²) in [5.41, 5.74) is 4.91. The summed E-state index contributed by atoms with van der Waals surface area (Å²) in [4.78, 5) is 23.5. The number of carbonyl (C=O) groups excluding carboxylic acids is 1. The molecule has 4 heteroatoms. The van der Waals surface area contributed by atoms with E-state index >= 15 is 0 Å². The zero-order valence-electron chi connectivity index (χ0n) is 12.0. The Balaban J connectivity index is 2.67.